The predicted molar refractivity (Wildman–Crippen MR) is 45.7 cm³/mol. The lowest BCUT2D eigenvalue weighted by Crippen LogP contribution is -1.83. The number of benzene rings is 1. The van der Waals surface area contributed by atoms with Gasteiger partial charge in [-0.05, 0) is 34.7 Å². The molecule has 0 saturated carbocycles. The molecule has 0 aliphatic rings. The quantitative estimate of drug-likeness (QED) is 0.675. The molecule has 0 spiro atoms. The van der Waals surface area contributed by atoms with Gasteiger partial charge < -0.3 is 4.74 Å². The van der Waals surface area contributed by atoms with Crippen molar-refractivity contribution in [1.82, 2.24) is 0 Å². The van der Waals surface area contributed by atoms with E-state index in [4.69, 9.17) is 4.74 Å². The molecule has 0 aromatic heterocycles. The number of hydrogen-bond donors (Lipinski definition) is 0. The maximum Gasteiger partial charge on any atom is 0.132 e. The molecule has 0 aliphatic heterocycles. The summed E-state index contributed by atoms with van der Waals surface area (Å²) in [6, 6.07) is 7.91. The Morgan fingerprint density at radius 1 is 1.33 bits per heavy atom. The lowest BCUT2D eigenvalue weighted by Gasteiger charge is -1.99. The summed E-state index contributed by atoms with van der Waals surface area (Å²) < 4.78 is 6.19. The van der Waals surface area contributed by atoms with Gasteiger partial charge in [-0.25, -0.2) is 0 Å². The molecule has 0 aliphatic carbocycles. The Labute approximate surface area is 68.2 Å². The van der Waals surface area contributed by atoms with Crippen LogP contribution in [0.1, 0.15) is 0 Å². The Kier molecular flexibility index (Phi) is 2.33. The summed E-state index contributed by atoms with van der Waals surface area (Å²) in [6.45, 7) is 0. The highest BCUT2D eigenvalue weighted by Crippen LogP contribution is 2.18. The van der Waals surface area contributed by atoms with Gasteiger partial charge in [0.2, 0.25) is 0 Å². The molecule has 0 atom stereocenters. The number of hydrogen-bond acceptors (Lipinski definition) is 1. The molecule has 0 heterocycles. The van der Waals surface area contributed by atoms with E-state index in [2.05, 4.69) is 22.6 Å². The molecule has 0 amide bonds. The number of rotatable bonds is 1. The fourth-order valence-corrected chi connectivity index (χ4v) is 1.22. The fourth-order valence-electron chi connectivity index (χ4n) is 0.610. The third-order valence-corrected chi connectivity index (χ3v) is 1.95. The molecule has 0 radical (unpaired) electrons. The topological polar surface area (TPSA) is 9.23 Å². The standard InChI is InChI=1S/C7H7IO/c1-9-7-5-3-2-4-6(7)8/h2-5H,1H3/i8-2. The minimum absolute atomic E-state index is 0.943. The minimum atomic E-state index is 0.943. The van der Waals surface area contributed by atoms with E-state index in [1.807, 2.05) is 24.3 Å². The van der Waals surface area contributed by atoms with Crippen molar-refractivity contribution in [3.8, 4) is 5.75 Å². The number of methoxy groups -OCH3 is 1. The average Bonchev–Trinajstić information content (AvgIpc) is 1.89. The summed E-state index contributed by atoms with van der Waals surface area (Å²) >= 11 is 2.24. The van der Waals surface area contributed by atoms with Crippen LogP contribution in [0.15, 0.2) is 24.3 Å². The Morgan fingerprint density at radius 2 is 2.00 bits per heavy atom. The Morgan fingerprint density at radius 3 is 2.44 bits per heavy atom. The second kappa shape index (κ2) is 3.06. The van der Waals surface area contributed by atoms with Crippen molar-refractivity contribution in [2.45, 2.75) is 0 Å². The van der Waals surface area contributed by atoms with E-state index in [0.717, 1.165) is 9.32 Å². The van der Waals surface area contributed by atoms with Gasteiger partial charge in [-0.3, -0.25) is 0 Å². The van der Waals surface area contributed by atoms with Crippen LogP contribution in [-0.2, 0) is 0 Å². The van der Waals surface area contributed by atoms with Crippen LogP contribution in [0.2, 0.25) is 0 Å². The lowest BCUT2D eigenvalue weighted by molar-refractivity contribution is 0.412. The second-order valence-electron chi connectivity index (χ2n) is 1.63. The van der Waals surface area contributed by atoms with Gasteiger partial charge in [-0.15, -0.1) is 0 Å². The van der Waals surface area contributed by atoms with Gasteiger partial charge in [0.15, 0.2) is 0 Å². The Hall–Kier alpha value is -0.250. The normalized spacial score (nSPS) is 9.11. The molecule has 2 heteroatoms. The zero-order chi connectivity index (χ0) is 6.69. The molecule has 48 valence electrons. The van der Waals surface area contributed by atoms with Gasteiger partial charge in [-0.2, -0.15) is 0 Å². The van der Waals surface area contributed by atoms with Gasteiger partial charge in [0.05, 0.1) is 10.7 Å². The maximum absolute atomic E-state index is 5.04. The third kappa shape index (κ3) is 1.58. The Bertz CT molecular complexity index is 198. The summed E-state index contributed by atoms with van der Waals surface area (Å²) in [5.74, 6) is 0.943. The monoisotopic (exact) mass is 232 g/mol. The third-order valence-electron chi connectivity index (χ3n) is 1.06. The maximum atomic E-state index is 5.04. The van der Waals surface area contributed by atoms with Crippen molar-refractivity contribution in [1.29, 1.82) is 0 Å². The molecule has 1 nitrogen and oxygen atoms in total. The minimum Gasteiger partial charge on any atom is -0.496 e. The molecule has 0 unspecified atom stereocenters. The van der Waals surface area contributed by atoms with E-state index in [0.29, 0.717) is 0 Å². The summed E-state index contributed by atoms with van der Waals surface area (Å²) in [4.78, 5) is 0. The highest BCUT2D eigenvalue weighted by Gasteiger charge is 1.92. The van der Waals surface area contributed by atoms with Crippen molar-refractivity contribution in [3.63, 3.8) is 0 Å². The first-order chi connectivity index (χ1) is 4.34. The molecular weight excluding hydrogens is 225 g/mol. The van der Waals surface area contributed by atoms with Gasteiger partial charge in [-0.1, -0.05) is 12.1 Å². The van der Waals surface area contributed by atoms with Crippen molar-refractivity contribution in [3.05, 3.63) is 27.8 Å². The zero-order valence-electron chi connectivity index (χ0n) is 5.10. The average molecular weight is 232 g/mol. The zero-order valence-corrected chi connectivity index (χ0v) is 7.25. The Balaban J connectivity index is 3.01. The van der Waals surface area contributed by atoms with E-state index >= 15 is 0 Å². The smallest absolute Gasteiger partial charge is 0.132 e. The van der Waals surface area contributed by atoms with Crippen molar-refractivity contribution in [2.75, 3.05) is 7.11 Å². The molecule has 9 heavy (non-hydrogen) atoms. The van der Waals surface area contributed by atoms with Crippen LogP contribution in [0.25, 0.3) is 0 Å². The summed E-state index contributed by atoms with van der Waals surface area (Å²) in [5.41, 5.74) is 0. The highest BCUT2D eigenvalue weighted by atomic mass is 125. The van der Waals surface area contributed by atoms with Crippen LogP contribution in [0, 0.1) is 3.57 Å². The lowest BCUT2D eigenvalue weighted by atomic mass is 10.3. The molecule has 1 aromatic rings. The SMILES string of the molecule is COc1ccccc1[125I]. The fraction of sp³-hybridized carbons (Fsp3) is 0.143. The molecular formula is C7H7IO. The first kappa shape index (κ1) is 6.86. The van der Waals surface area contributed by atoms with Gasteiger partial charge in [0.1, 0.15) is 5.75 Å². The van der Waals surface area contributed by atoms with Crippen LogP contribution in [0.3, 0.4) is 0 Å². The van der Waals surface area contributed by atoms with E-state index in [1.165, 1.54) is 0 Å². The predicted octanol–water partition coefficient (Wildman–Crippen LogP) is 2.30. The molecule has 1 aromatic carbocycles. The summed E-state index contributed by atoms with van der Waals surface area (Å²) in [6.07, 6.45) is 0. The van der Waals surface area contributed by atoms with Crippen LogP contribution < -0.4 is 4.74 Å². The van der Waals surface area contributed by atoms with Crippen LogP contribution >= 0.6 is 22.6 Å². The second-order valence-corrected chi connectivity index (χ2v) is 2.80. The van der Waals surface area contributed by atoms with Gasteiger partial charge >= 0.3 is 0 Å². The van der Waals surface area contributed by atoms with Gasteiger partial charge in [0, 0.05) is 0 Å². The van der Waals surface area contributed by atoms with Crippen molar-refractivity contribution < 1.29 is 4.74 Å². The van der Waals surface area contributed by atoms with E-state index in [-0.39, 0.29) is 0 Å². The van der Waals surface area contributed by atoms with E-state index < -0.39 is 0 Å². The molecule has 0 bridgehead atoms. The highest BCUT2D eigenvalue weighted by molar-refractivity contribution is 14.1. The first-order valence-electron chi connectivity index (χ1n) is 2.63. The number of halogens is 1. The number of ether oxygens (including phenoxy) is 1. The van der Waals surface area contributed by atoms with E-state index in [1.54, 1.807) is 7.11 Å². The summed E-state index contributed by atoms with van der Waals surface area (Å²) in [7, 11) is 1.68. The number of para-hydroxylation sites is 1. The molecule has 0 saturated heterocycles. The molecule has 1 rings (SSSR count). The largest absolute Gasteiger partial charge is 0.496 e. The van der Waals surface area contributed by atoms with E-state index in [9.17, 15) is 0 Å². The molecule has 0 N–H and O–H groups in total. The van der Waals surface area contributed by atoms with Crippen molar-refractivity contribution >= 4 is 22.6 Å². The summed E-state index contributed by atoms with van der Waals surface area (Å²) in [5, 5.41) is 0. The van der Waals surface area contributed by atoms with Crippen molar-refractivity contribution in [2.24, 2.45) is 0 Å². The van der Waals surface area contributed by atoms with Crippen LogP contribution in [-0.4, -0.2) is 7.11 Å². The molecule has 0 fully saturated rings. The van der Waals surface area contributed by atoms with Gasteiger partial charge in [0.25, 0.3) is 0 Å². The van der Waals surface area contributed by atoms with Crippen LogP contribution in [0.4, 0.5) is 0 Å². The van der Waals surface area contributed by atoms with Crippen LogP contribution in [0.5, 0.6) is 5.75 Å². The first-order valence-corrected chi connectivity index (χ1v) is 3.71.